The zero-order valence-corrected chi connectivity index (χ0v) is 14.7. The third-order valence-electron chi connectivity index (χ3n) is 4.51. The molecule has 0 aliphatic carbocycles. The fraction of sp³-hybridized carbons (Fsp3) is 0.0909. The van der Waals surface area contributed by atoms with Crippen LogP contribution >= 0.6 is 0 Å². The Hall–Kier alpha value is -3.38. The van der Waals surface area contributed by atoms with Gasteiger partial charge < -0.3 is 10.2 Å². The maximum atomic E-state index is 14.2. The molecule has 2 N–H and O–H groups in total. The summed E-state index contributed by atoms with van der Waals surface area (Å²) in [6.07, 6.45) is -0.886. The Balaban J connectivity index is 1.79. The molecule has 6 heteroatoms. The quantitative estimate of drug-likeness (QED) is 0.556. The van der Waals surface area contributed by atoms with E-state index in [1.807, 2.05) is 30.3 Å². The Morgan fingerprint density at radius 2 is 1.57 bits per heavy atom. The van der Waals surface area contributed by atoms with Crippen molar-refractivity contribution in [2.45, 2.75) is 12.5 Å². The average molecular weight is 378 g/mol. The fourth-order valence-electron chi connectivity index (χ4n) is 3.18. The summed E-state index contributed by atoms with van der Waals surface area (Å²) >= 11 is 0. The third kappa shape index (κ3) is 3.54. The van der Waals surface area contributed by atoms with Gasteiger partial charge in [-0.15, -0.1) is 0 Å². The van der Waals surface area contributed by atoms with Crippen LogP contribution in [-0.2, 0) is 6.42 Å². The highest BCUT2D eigenvalue weighted by molar-refractivity contribution is 5.87. The Morgan fingerprint density at radius 1 is 0.857 bits per heavy atom. The number of rotatable bonds is 4. The first-order valence-corrected chi connectivity index (χ1v) is 8.68. The van der Waals surface area contributed by atoms with Crippen LogP contribution in [0.3, 0.4) is 0 Å². The maximum Gasteiger partial charge on any atom is 0.222 e. The van der Waals surface area contributed by atoms with Crippen LogP contribution in [0.2, 0.25) is 0 Å². The van der Waals surface area contributed by atoms with Gasteiger partial charge in [0.25, 0.3) is 0 Å². The molecule has 1 unspecified atom stereocenters. The first-order chi connectivity index (χ1) is 13.5. The maximum absolute atomic E-state index is 14.2. The van der Waals surface area contributed by atoms with Crippen LogP contribution in [0.15, 0.2) is 66.7 Å². The molecular weight excluding hydrogens is 362 g/mol. The number of benzene rings is 3. The van der Waals surface area contributed by atoms with Gasteiger partial charge in [-0.2, -0.15) is 4.98 Å². The molecular formula is C22H16F2N2O2. The van der Waals surface area contributed by atoms with Crippen molar-refractivity contribution in [1.82, 2.24) is 9.97 Å². The van der Waals surface area contributed by atoms with Crippen LogP contribution in [0.5, 0.6) is 5.88 Å². The molecule has 0 aliphatic heterocycles. The van der Waals surface area contributed by atoms with Crippen LogP contribution in [-0.4, -0.2) is 20.2 Å². The highest BCUT2D eigenvalue weighted by Gasteiger charge is 2.19. The van der Waals surface area contributed by atoms with E-state index in [1.165, 1.54) is 36.4 Å². The van der Waals surface area contributed by atoms with E-state index in [4.69, 9.17) is 0 Å². The monoisotopic (exact) mass is 378 g/mol. The molecule has 4 nitrogen and oxygen atoms in total. The number of aliphatic hydroxyl groups excluding tert-OH is 1. The van der Waals surface area contributed by atoms with E-state index in [2.05, 4.69) is 9.97 Å². The number of hydrogen-bond donors (Lipinski definition) is 2. The number of aromatic hydroxyl groups is 1. The molecule has 4 aromatic rings. The highest BCUT2D eigenvalue weighted by Crippen LogP contribution is 2.31. The lowest BCUT2D eigenvalue weighted by Gasteiger charge is -2.13. The lowest BCUT2D eigenvalue weighted by molar-refractivity contribution is 0.209. The van der Waals surface area contributed by atoms with Gasteiger partial charge in [0.2, 0.25) is 5.88 Å². The van der Waals surface area contributed by atoms with E-state index in [-0.39, 0.29) is 17.2 Å². The van der Waals surface area contributed by atoms with E-state index < -0.39 is 17.7 Å². The second kappa shape index (κ2) is 7.32. The number of halogens is 2. The zero-order chi connectivity index (χ0) is 19.7. The minimum absolute atomic E-state index is 0.0899. The summed E-state index contributed by atoms with van der Waals surface area (Å²) < 4.78 is 27.3. The smallest absolute Gasteiger partial charge is 0.222 e. The molecule has 0 aliphatic rings. The number of aliphatic hydroxyl groups is 1. The number of aromatic nitrogens is 2. The molecule has 0 amide bonds. The van der Waals surface area contributed by atoms with Crippen molar-refractivity contribution in [2.24, 2.45) is 0 Å². The van der Waals surface area contributed by atoms with E-state index in [1.54, 1.807) is 0 Å². The first-order valence-electron chi connectivity index (χ1n) is 8.68. The second-order valence-corrected chi connectivity index (χ2v) is 6.48. The Bertz CT molecular complexity index is 1130. The standard InChI is InChI=1S/C22H16F2N2O2/c23-16-8-6-14(7-9-16)20(27)21-25-18-12-17(24)11-15(19(18)22(28)26-21)10-13-4-2-1-3-5-13/h1-9,11-12,20,27H,10H2,(H,25,26,28). The van der Waals surface area contributed by atoms with E-state index in [0.717, 1.165) is 5.56 Å². The van der Waals surface area contributed by atoms with Gasteiger partial charge in [-0.1, -0.05) is 42.5 Å². The number of fused-ring (bicyclic) bond motifs is 1. The lowest BCUT2D eigenvalue weighted by Crippen LogP contribution is -2.07. The lowest BCUT2D eigenvalue weighted by atomic mass is 10.0. The second-order valence-electron chi connectivity index (χ2n) is 6.48. The molecule has 4 rings (SSSR count). The molecule has 0 spiro atoms. The highest BCUT2D eigenvalue weighted by atomic mass is 19.1. The van der Waals surface area contributed by atoms with Gasteiger partial charge >= 0.3 is 0 Å². The van der Waals surface area contributed by atoms with Crippen LogP contribution < -0.4 is 0 Å². The summed E-state index contributed by atoms with van der Waals surface area (Å²) in [5.74, 6) is -1.37. The topological polar surface area (TPSA) is 66.2 Å². The first kappa shape index (κ1) is 18.0. The third-order valence-corrected chi connectivity index (χ3v) is 4.51. The summed E-state index contributed by atoms with van der Waals surface area (Å²) in [5.41, 5.74) is 2.04. The van der Waals surface area contributed by atoms with Crippen LogP contribution in [0.4, 0.5) is 8.78 Å². The van der Waals surface area contributed by atoms with Crippen LogP contribution in [0, 0.1) is 11.6 Å². The van der Waals surface area contributed by atoms with Crippen LogP contribution in [0.1, 0.15) is 28.6 Å². The van der Waals surface area contributed by atoms with E-state index in [0.29, 0.717) is 22.9 Å². The number of nitrogens with zero attached hydrogens (tertiary/aromatic N) is 2. The fourth-order valence-corrected chi connectivity index (χ4v) is 3.18. The summed E-state index contributed by atoms with van der Waals surface area (Å²) in [7, 11) is 0. The van der Waals surface area contributed by atoms with Gasteiger partial charge in [0, 0.05) is 6.07 Å². The average Bonchev–Trinajstić information content (AvgIpc) is 2.68. The van der Waals surface area contributed by atoms with Gasteiger partial charge in [0.05, 0.1) is 10.9 Å². The van der Waals surface area contributed by atoms with Crippen molar-refractivity contribution >= 4 is 10.9 Å². The molecule has 28 heavy (non-hydrogen) atoms. The van der Waals surface area contributed by atoms with Crippen molar-refractivity contribution in [1.29, 1.82) is 0 Å². The summed E-state index contributed by atoms with van der Waals surface area (Å²) in [5, 5.41) is 21.3. The molecule has 0 saturated heterocycles. The van der Waals surface area contributed by atoms with Gasteiger partial charge in [-0.3, -0.25) is 0 Å². The predicted molar refractivity (Wildman–Crippen MR) is 101 cm³/mol. The molecule has 0 saturated carbocycles. The van der Waals surface area contributed by atoms with Crippen molar-refractivity contribution in [3.05, 3.63) is 101 Å². The molecule has 1 aromatic heterocycles. The van der Waals surface area contributed by atoms with Gasteiger partial charge in [0.15, 0.2) is 5.82 Å². The summed E-state index contributed by atoms with van der Waals surface area (Å²) in [6, 6.07) is 17.2. The van der Waals surface area contributed by atoms with Crippen molar-refractivity contribution in [2.75, 3.05) is 0 Å². The Morgan fingerprint density at radius 3 is 2.29 bits per heavy atom. The Labute approximate surface area is 159 Å². The SMILES string of the molecule is Oc1nc(C(O)c2ccc(F)cc2)nc2cc(F)cc(Cc3ccccc3)c12. The molecule has 0 fully saturated rings. The van der Waals surface area contributed by atoms with Crippen molar-refractivity contribution in [3.8, 4) is 5.88 Å². The largest absolute Gasteiger partial charge is 0.493 e. The molecule has 1 atom stereocenters. The van der Waals surface area contributed by atoms with Gasteiger partial charge in [0.1, 0.15) is 17.7 Å². The predicted octanol–water partition coefficient (Wildman–Crippen LogP) is 4.29. The Kier molecular flexibility index (Phi) is 4.71. The minimum atomic E-state index is -1.28. The van der Waals surface area contributed by atoms with Gasteiger partial charge in [-0.25, -0.2) is 13.8 Å². The molecule has 0 radical (unpaired) electrons. The number of hydrogen-bond acceptors (Lipinski definition) is 4. The molecule has 3 aromatic carbocycles. The molecule has 0 bridgehead atoms. The van der Waals surface area contributed by atoms with Crippen molar-refractivity contribution in [3.63, 3.8) is 0 Å². The summed E-state index contributed by atoms with van der Waals surface area (Å²) in [6.45, 7) is 0. The molecule has 1 heterocycles. The van der Waals surface area contributed by atoms with Gasteiger partial charge in [-0.05, 0) is 41.3 Å². The van der Waals surface area contributed by atoms with Crippen molar-refractivity contribution < 1.29 is 19.0 Å². The normalized spacial score (nSPS) is 12.2. The zero-order valence-electron chi connectivity index (χ0n) is 14.7. The minimum Gasteiger partial charge on any atom is -0.493 e. The van der Waals surface area contributed by atoms with E-state index >= 15 is 0 Å². The molecule has 140 valence electrons. The van der Waals surface area contributed by atoms with E-state index in [9.17, 15) is 19.0 Å². The van der Waals surface area contributed by atoms with Crippen LogP contribution in [0.25, 0.3) is 10.9 Å². The summed E-state index contributed by atoms with van der Waals surface area (Å²) in [4.78, 5) is 8.25.